The van der Waals surface area contributed by atoms with Crippen LogP contribution in [0.3, 0.4) is 0 Å². The first-order valence-corrected chi connectivity index (χ1v) is 5.66. The molecule has 0 aliphatic heterocycles. The van der Waals surface area contributed by atoms with Crippen molar-refractivity contribution < 1.29 is 19.7 Å². The molecule has 1 unspecified atom stereocenters. The van der Waals surface area contributed by atoms with Crippen molar-refractivity contribution in [3.05, 3.63) is 18.2 Å². The standard InChI is InChI=1S/C11H18N2O4/c1-2-4-13-8-12-7-9(13)10(11(15)16)17-6-3-5-14/h7-8,10,14H,2-6H2,1H3,(H,15,16). The monoisotopic (exact) mass is 242 g/mol. The predicted octanol–water partition coefficient (Wildman–Crippen LogP) is 0.818. The van der Waals surface area contributed by atoms with E-state index in [1.165, 1.54) is 6.20 Å². The summed E-state index contributed by atoms with van der Waals surface area (Å²) in [5, 5.41) is 17.8. The molecule has 17 heavy (non-hydrogen) atoms. The first-order valence-electron chi connectivity index (χ1n) is 5.66. The van der Waals surface area contributed by atoms with E-state index in [9.17, 15) is 4.79 Å². The zero-order valence-corrected chi connectivity index (χ0v) is 9.87. The number of hydrogen-bond acceptors (Lipinski definition) is 4. The molecule has 1 aromatic heterocycles. The van der Waals surface area contributed by atoms with Crippen LogP contribution < -0.4 is 0 Å². The Morgan fingerprint density at radius 2 is 2.41 bits per heavy atom. The Kier molecular flexibility index (Phi) is 5.65. The summed E-state index contributed by atoms with van der Waals surface area (Å²) in [5.41, 5.74) is 0.539. The zero-order valence-electron chi connectivity index (χ0n) is 9.87. The summed E-state index contributed by atoms with van der Waals surface area (Å²) in [6, 6.07) is 0. The van der Waals surface area contributed by atoms with Crippen LogP contribution in [0.2, 0.25) is 0 Å². The van der Waals surface area contributed by atoms with E-state index in [1.54, 1.807) is 10.9 Å². The first-order chi connectivity index (χ1) is 8.20. The van der Waals surface area contributed by atoms with E-state index >= 15 is 0 Å². The average molecular weight is 242 g/mol. The Morgan fingerprint density at radius 1 is 1.65 bits per heavy atom. The van der Waals surface area contributed by atoms with Crippen molar-refractivity contribution in [1.29, 1.82) is 0 Å². The number of carboxylic acid groups (broad SMARTS) is 1. The number of aliphatic hydroxyl groups is 1. The van der Waals surface area contributed by atoms with Crippen molar-refractivity contribution in [3.8, 4) is 0 Å². The molecule has 6 heteroatoms. The molecule has 0 saturated carbocycles. The van der Waals surface area contributed by atoms with Crippen LogP contribution in [0.4, 0.5) is 0 Å². The van der Waals surface area contributed by atoms with E-state index in [1.807, 2.05) is 6.92 Å². The number of rotatable bonds is 8. The smallest absolute Gasteiger partial charge is 0.339 e. The van der Waals surface area contributed by atoms with E-state index in [4.69, 9.17) is 14.9 Å². The SMILES string of the molecule is CCCn1cncc1C(OCCCO)C(=O)O. The van der Waals surface area contributed by atoms with Gasteiger partial charge in [0, 0.05) is 13.2 Å². The topological polar surface area (TPSA) is 84.6 Å². The summed E-state index contributed by atoms with van der Waals surface area (Å²) >= 11 is 0. The summed E-state index contributed by atoms with van der Waals surface area (Å²) in [5.74, 6) is -1.04. The highest BCUT2D eigenvalue weighted by molar-refractivity contribution is 5.73. The van der Waals surface area contributed by atoms with Crippen molar-refractivity contribution in [3.63, 3.8) is 0 Å². The Labute approximate surface area is 99.9 Å². The molecule has 0 aliphatic carbocycles. The van der Waals surface area contributed by atoms with Gasteiger partial charge in [-0.1, -0.05) is 6.92 Å². The van der Waals surface area contributed by atoms with Gasteiger partial charge in [-0.3, -0.25) is 0 Å². The first kappa shape index (κ1) is 13.7. The van der Waals surface area contributed by atoms with Crippen molar-refractivity contribution >= 4 is 5.97 Å². The van der Waals surface area contributed by atoms with Gasteiger partial charge in [0.25, 0.3) is 0 Å². The van der Waals surface area contributed by atoms with Crippen LogP contribution in [0, 0.1) is 0 Å². The molecule has 0 amide bonds. The van der Waals surface area contributed by atoms with Crippen molar-refractivity contribution in [2.45, 2.75) is 32.4 Å². The third-order valence-electron chi connectivity index (χ3n) is 2.29. The maximum atomic E-state index is 11.1. The van der Waals surface area contributed by atoms with E-state index in [-0.39, 0.29) is 13.2 Å². The lowest BCUT2D eigenvalue weighted by Gasteiger charge is -2.15. The van der Waals surface area contributed by atoms with Crippen LogP contribution in [0.15, 0.2) is 12.5 Å². The zero-order chi connectivity index (χ0) is 12.7. The lowest BCUT2D eigenvalue weighted by molar-refractivity contribution is -0.151. The van der Waals surface area contributed by atoms with E-state index in [0.29, 0.717) is 18.7 Å². The lowest BCUT2D eigenvalue weighted by Crippen LogP contribution is -2.19. The molecule has 0 aliphatic rings. The van der Waals surface area contributed by atoms with Crippen molar-refractivity contribution in [1.82, 2.24) is 9.55 Å². The molecule has 6 nitrogen and oxygen atoms in total. The highest BCUT2D eigenvalue weighted by Crippen LogP contribution is 2.18. The average Bonchev–Trinajstić information content (AvgIpc) is 2.73. The minimum absolute atomic E-state index is 0.0133. The van der Waals surface area contributed by atoms with Crippen LogP contribution in [0.25, 0.3) is 0 Å². The number of carbonyl (C=O) groups is 1. The molecule has 0 bridgehead atoms. The molecule has 96 valence electrons. The third kappa shape index (κ3) is 3.83. The fraction of sp³-hybridized carbons (Fsp3) is 0.636. The van der Waals surface area contributed by atoms with Crippen LogP contribution in [0.1, 0.15) is 31.6 Å². The van der Waals surface area contributed by atoms with Gasteiger partial charge in [-0.25, -0.2) is 9.78 Å². The molecular formula is C11H18N2O4. The fourth-order valence-corrected chi connectivity index (χ4v) is 1.53. The molecule has 0 saturated heterocycles. The second kappa shape index (κ2) is 7.03. The number of imidazole rings is 1. The maximum absolute atomic E-state index is 11.1. The maximum Gasteiger partial charge on any atom is 0.339 e. The predicted molar refractivity (Wildman–Crippen MR) is 60.5 cm³/mol. The van der Waals surface area contributed by atoms with Crippen LogP contribution in [-0.2, 0) is 16.1 Å². The molecule has 1 aromatic rings. The van der Waals surface area contributed by atoms with Gasteiger partial charge in [0.1, 0.15) is 0 Å². The highest BCUT2D eigenvalue weighted by atomic mass is 16.5. The number of aromatic nitrogens is 2. The number of carboxylic acids is 1. The number of nitrogens with zero attached hydrogens (tertiary/aromatic N) is 2. The van der Waals surface area contributed by atoms with Crippen LogP contribution in [-0.4, -0.2) is 38.9 Å². The van der Waals surface area contributed by atoms with E-state index in [0.717, 1.165) is 6.42 Å². The second-order valence-electron chi connectivity index (χ2n) is 3.68. The van der Waals surface area contributed by atoms with Gasteiger partial charge in [0.2, 0.25) is 0 Å². The quantitative estimate of drug-likeness (QED) is 0.659. The summed E-state index contributed by atoms with van der Waals surface area (Å²) in [6.45, 7) is 2.92. The normalized spacial score (nSPS) is 12.6. The Morgan fingerprint density at radius 3 is 3.00 bits per heavy atom. The second-order valence-corrected chi connectivity index (χ2v) is 3.68. The lowest BCUT2D eigenvalue weighted by atomic mass is 10.2. The van der Waals surface area contributed by atoms with Gasteiger partial charge in [-0.15, -0.1) is 0 Å². The number of aliphatic hydroxyl groups excluding tert-OH is 1. The number of hydrogen-bond donors (Lipinski definition) is 2. The van der Waals surface area contributed by atoms with Gasteiger partial charge in [-0.05, 0) is 12.8 Å². The number of aliphatic carboxylic acids is 1. The Bertz CT molecular complexity index is 351. The van der Waals surface area contributed by atoms with Crippen LogP contribution >= 0.6 is 0 Å². The van der Waals surface area contributed by atoms with E-state index in [2.05, 4.69) is 4.98 Å². The molecule has 0 fully saturated rings. The Balaban J connectivity index is 2.74. The van der Waals surface area contributed by atoms with Gasteiger partial charge < -0.3 is 19.5 Å². The van der Waals surface area contributed by atoms with Gasteiger partial charge in [0.05, 0.1) is 24.8 Å². The molecule has 1 rings (SSSR count). The van der Waals surface area contributed by atoms with Gasteiger partial charge >= 0.3 is 5.97 Å². The summed E-state index contributed by atoms with van der Waals surface area (Å²) in [6.07, 6.45) is 3.41. The van der Waals surface area contributed by atoms with Gasteiger partial charge in [0.15, 0.2) is 6.10 Å². The molecule has 0 aromatic carbocycles. The molecule has 1 atom stereocenters. The fourth-order valence-electron chi connectivity index (χ4n) is 1.53. The minimum Gasteiger partial charge on any atom is -0.479 e. The number of aryl methyl sites for hydroxylation is 1. The summed E-state index contributed by atoms with van der Waals surface area (Å²) < 4.78 is 7.03. The van der Waals surface area contributed by atoms with E-state index < -0.39 is 12.1 Å². The molecule has 1 heterocycles. The summed E-state index contributed by atoms with van der Waals surface area (Å²) in [4.78, 5) is 15.1. The largest absolute Gasteiger partial charge is 0.479 e. The Hall–Kier alpha value is -1.40. The van der Waals surface area contributed by atoms with Gasteiger partial charge in [-0.2, -0.15) is 0 Å². The summed E-state index contributed by atoms with van der Waals surface area (Å²) in [7, 11) is 0. The number of ether oxygens (including phenoxy) is 1. The molecule has 0 spiro atoms. The molecule has 2 N–H and O–H groups in total. The third-order valence-corrected chi connectivity index (χ3v) is 2.29. The minimum atomic E-state index is -1.04. The highest BCUT2D eigenvalue weighted by Gasteiger charge is 2.23. The van der Waals surface area contributed by atoms with Crippen molar-refractivity contribution in [2.24, 2.45) is 0 Å². The van der Waals surface area contributed by atoms with Crippen molar-refractivity contribution in [2.75, 3.05) is 13.2 Å². The van der Waals surface area contributed by atoms with Crippen LogP contribution in [0.5, 0.6) is 0 Å². The molecule has 0 radical (unpaired) electrons. The molecular weight excluding hydrogens is 224 g/mol.